The van der Waals surface area contributed by atoms with Gasteiger partial charge in [0.25, 0.3) is 5.91 Å². The molecular weight excluding hydrogens is 401 g/mol. The van der Waals surface area contributed by atoms with Gasteiger partial charge >= 0.3 is 0 Å². The van der Waals surface area contributed by atoms with Crippen molar-refractivity contribution >= 4 is 39.1 Å². The Morgan fingerprint density at radius 1 is 1.17 bits per heavy atom. The topological polar surface area (TPSA) is 54.3 Å². The number of hydrogen-bond donors (Lipinski definition) is 1. The molecule has 1 unspecified atom stereocenters. The molecule has 2 aromatic heterocycles. The van der Waals surface area contributed by atoms with Crippen molar-refractivity contribution < 1.29 is 14.0 Å². The maximum atomic E-state index is 13.6. The lowest BCUT2D eigenvalue weighted by molar-refractivity contribution is -0.127. The predicted octanol–water partition coefficient (Wildman–Crippen LogP) is 4.71. The van der Waals surface area contributed by atoms with Gasteiger partial charge < -0.3 is 9.88 Å². The normalized spacial score (nSPS) is 22.3. The summed E-state index contributed by atoms with van der Waals surface area (Å²) in [6, 6.07) is 9.80. The summed E-state index contributed by atoms with van der Waals surface area (Å²) >= 11 is 1.57. The van der Waals surface area contributed by atoms with Crippen LogP contribution in [0.5, 0.6) is 0 Å². The fourth-order valence-corrected chi connectivity index (χ4v) is 5.68. The van der Waals surface area contributed by atoms with E-state index in [9.17, 15) is 14.0 Å². The number of fused-ring (bicyclic) bond motifs is 3. The van der Waals surface area contributed by atoms with Crippen LogP contribution in [0.3, 0.4) is 0 Å². The van der Waals surface area contributed by atoms with Crippen LogP contribution in [0.15, 0.2) is 41.8 Å². The number of halogens is 1. The van der Waals surface area contributed by atoms with Crippen molar-refractivity contribution in [3.8, 4) is 0 Å². The fourth-order valence-electron chi connectivity index (χ4n) is 4.78. The quantitative estimate of drug-likeness (QED) is 0.661. The molecule has 7 heteroatoms. The monoisotopic (exact) mass is 425 g/mol. The number of carbonyl (C=O) groups is 2. The van der Waals surface area contributed by atoms with Crippen LogP contribution in [0.2, 0.25) is 0 Å². The molecule has 30 heavy (non-hydrogen) atoms. The van der Waals surface area contributed by atoms with E-state index in [1.165, 1.54) is 18.6 Å². The molecule has 3 heterocycles. The molecular formula is C23H24FN3O2S. The van der Waals surface area contributed by atoms with E-state index in [1.54, 1.807) is 28.4 Å². The Kier molecular flexibility index (Phi) is 4.65. The van der Waals surface area contributed by atoms with Gasteiger partial charge in [0, 0.05) is 17.1 Å². The van der Waals surface area contributed by atoms with Gasteiger partial charge in [-0.1, -0.05) is 19.3 Å². The SMILES string of the molecule is CC1(C(=O)NC2CCCCC2)Cn2c(cc3ccsc32)C(=O)N1c1ccc(F)cc1. The molecule has 2 amide bonds. The molecule has 0 bridgehead atoms. The second-order valence-electron chi connectivity index (χ2n) is 8.50. The van der Waals surface area contributed by atoms with E-state index in [-0.39, 0.29) is 23.7 Å². The number of anilines is 1. The molecule has 156 valence electrons. The number of benzene rings is 1. The number of amides is 2. The molecule has 1 atom stereocenters. The van der Waals surface area contributed by atoms with Crippen molar-refractivity contribution in [3.63, 3.8) is 0 Å². The van der Waals surface area contributed by atoms with Crippen LogP contribution >= 0.6 is 11.3 Å². The number of thiophene rings is 1. The number of carbonyl (C=O) groups excluding carboxylic acids is 2. The lowest BCUT2D eigenvalue weighted by atomic mass is 9.91. The van der Waals surface area contributed by atoms with Crippen LogP contribution in [0.4, 0.5) is 10.1 Å². The van der Waals surface area contributed by atoms with Gasteiger partial charge in [-0.05, 0) is 61.5 Å². The van der Waals surface area contributed by atoms with E-state index in [1.807, 2.05) is 29.0 Å². The van der Waals surface area contributed by atoms with Crippen molar-refractivity contribution in [2.24, 2.45) is 0 Å². The maximum absolute atomic E-state index is 13.6. The molecule has 1 aromatic carbocycles. The number of rotatable bonds is 3. The van der Waals surface area contributed by atoms with Gasteiger partial charge in [0.2, 0.25) is 5.91 Å². The summed E-state index contributed by atoms with van der Waals surface area (Å²) in [6.45, 7) is 2.17. The standard InChI is InChI=1S/C23H24FN3O2S/c1-23(22(29)25-17-5-3-2-4-6-17)14-26-19(13-15-11-12-30-21(15)26)20(28)27(23)18-9-7-16(24)8-10-18/h7-13,17H,2-6,14H2,1H3,(H,25,29). The minimum absolute atomic E-state index is 0.140. The zero-order valence-corrected chi connectivity index (χ0v) is 17.7. The molecule has 5 rings (SSSR count). The van der Waals surface area contributed by atoms with Gasteiger partial charge in [0.05, 0.1) is 6.54 Å². The first-order valence-electron chi connectivity index (χ1n) is 10.5. The van der Waals surface area contributed by atoms with Crippen LogP contribution < -0.4 is 10.2 Å². The Hall–Kier alpha value is -2.67. The summed E-state index contributed by atoms with van der Waals surface area (Å²) in [4.78, 5) is 29.8. The largest absolute Gasteiger partial charge is 0.351 e. The van der Waals surface area contributed by atoms with E-state index in [0.717, 1.165) is 35.9 Å². The fraction of sp³-hybridized carbons (Fsp3) is 0.391. The van der Waals surface area contributed by atoms with Crippen LogP contribution in [0.25, 0.3) is 10.2 Å². The lowest BCUT2D eigenvalue weighted by Gasteiger charge is -2.44. The van der Waals surface area contributed by atoms with E-state index in [0.29, 0.717) is 17.9 Å². The van der Waals surface area contributed by atoms with Crippen molar-refractivity contribution in [2.45, 2.75) is 57.2 Å². The molecule has 1 saturated carbocycles. The van der Waals surface area contributed by atoms with Crippen molar-refractivity contribution in [2.75, 3.05) is 4.90 Å². The highest BCUT2D eigenvalue weighted by atomic mass is 32.1. The van der Waals surface area contributed by atoms with E-state index in [2.05, 4.69) is 5.32 Å². The highest BCUT2D eigenvalue weighted by Crippen LogP contribution is 2.37. The summed E-state index contributed by atoms with van der Waals surface area (Å²) in [5, 5.41) is 6.20. The number of aromatic nitrogens is 1. The lowest BCUT2D eigenvalue weighted by Crippen LogP contribution is -2.65. The summed E-state index contributed by atoms with van der Waals surface area (Å²) in [7, 11) is 0. The van der Waals surface area contributed by atoms with E-state index in [4.69, 9.17) is 0 Å². The summed E-state index contributed by atoms with van der Waals surface area (Å²) in [6.07, 6.45) is 5.36. The van der Waals surface area contributed by atoms with Crippen molar-refractivity contribution in [3.05, 3.63) is 53.3 Å². The van der Waals surface area contributed by atoms with Crippen molar-refractivity contribution in [1.29, 1.82) is 0 Å². The molecule has 0 saturated heterocycles. The first kappa shape index (κ1) is 19.3. The first-order valence-corrected chi connectivity index (χ1v) is 11.3. The zero-order valence-electron chi connectivity index (χ0n) is 16.9. The third-order valence-electron chi connectivity index (χ3n) is 6.40. The second kappa shape index (κ2) is 7.23. The molecule has 1 aliphatic heterocycles. The van der Waals surface area contributed by atoms with Crippen LogP contribution in [-0.2, 0) is 11.3 Å². The predicted molar refractivity (Wildman–Crippen MR) is 116 cm³/mol. The maximum Gasteiger partial charge on any atom is 0.275 e. The van der Waals surface area contributed by atoms with Gasteiger partial charge in [0.15, 0.2) is 0 Å². The summed E-state index contributed by atoms with van der Waals surface area (Å²) in [5.41, 5.74) is -0.0300. The minimum Gasteiger partial charge on any atom is -0.351 e. The summed E-state index contributed by atoms with van der Waals surface area (Å²) < 4.78 is 15.5. The third kappa shape index (κ3) is 3.03. The molecule has 3 aromatic rings. The van der Waals surface area contributed by atoms with Crippen LogP contribution in [-0.4, -0.2) is 28.0 Å². The Bertz CT molecular complexity index is 1110. The van der Waals surface area contributed by atoms with Gasteiger partial charge in [-0.15, -0.1) is 11.3 Å². The highest BCUT2D eigenvalue weighted by molar-refractivity contribution is 7.16. The number of hydrogen-bond acceptors (Lipinski definition) is 3. The summed E-state index contributed by atoms with van der Waals surface area (Å²) in [5.74, 6) is -0.769. The molecule has 1 fully saturated rings. The second-order valence-corrected chi connectivity index (χ2v) is 9.39. The van der Waals surface area contributed by atoms with Gasteiger partial charge in [-0.3, -0.25) is 14.5 Å². The molecule has 0 radical (unpaired) electrons. The van der Waals surface area contributed by atoms with Gasteiger partial charge in [-0.25, -0.2) is 4.39 Å². The molecule has 1 aliphatic carbocycles. The Morgan fingerprint density at radius 2 is 1.90 bits per heavy atom. The minimum atomic E-state index is -1.12. The average Bonchev–Trinajstić information content (AvgIpc) is 3.33. The Morgan fingerprint density at radius 3 is 2.63 bits per heavy atom. The molecule has 0 spiro atoms. The highest BCUT2D eigenvalue weighted by Gasteiger charge is 2.49. The van der Waals surface area contributed by atoms with E-state index >= 15 is 0 Å². The van der Waals surface area contributed by atoms with Crippen molar-refractivity contribution in [1.82, 2.24) is 9.88 Å². The molecule has 1 N–H and O–H groups in total. The molecule has 5 nitrogen and oxygen atoms in total. The third-order valence-corrected chi connectivity index (χ3v) is 7.35. The van der Waals surface area contributed by atoms with E-state index < -0.39 is 5.54 Å². The Balaban J connectivity index is 1.59. The molecule has 2 aliphatic rings. The van der Waals surface area contributed by atoms with Crippen LogP contribution in [0.1, 0.15) is 49.5 Å². The van der Waals surface area contributed by atoms with Gasteiger partial charge in [-0.2, -0.15) is 0 Å². The van der Waals surface area contributed by atoms with Gasteiger partial charge in [0.1, 0.15) is 21.9 Å². The number of nitrogens with zero attached hydrogens (tertiary/aromatic N) is 2. The zero-order chi connectivity index (χ0) is 20.9. The average molecular weight is 426 g/mol. The number of nitrogens with one attached hydrogen (secondary N) is 1. The first-order chi connectivity index (χ1) is 14.5. The smallest absolute Gasteiger partial charge is 0.275 e. The Labute approximate surface area is 178 Å². The van der Waals surface area contributed by atoms with Crippen LogP contribution in [0, 0.1) is 5.82 Å².